The van der Waals surface area contributed by atoms with Gasteiger partial charge in [-0.2, -0.15) is 0 Å². The van der Waals surface area contributed by atoms with Gasteiger partial charge in [-0.05, 0) is 25.8 Å². The first-order chi connectivity index (χ1) is 10.6. The minimum Gasteiger partial charge on any atom is -0.383 e. The molecule has 0 aromatic heterocycles. The van der Waals surface area contributed by atoms with Crippen molar-refractivity contribution in [1.82, 2.24) is 9.80 Å². The van der Waals surface area contributed by atoms with E-state index < -0.39 is 0 Å². The molecule has 1 fully saturated rings. The van der Waals surface area contributed by atoms with E-state index in [4.69, 9.17) is 4.74 Å². The van der Waals surface area contributed by atoms with E-state index in [2.05, 4.69) is 43.0 Å². The Morgan fingerprint density at radius 1 is 1.18 bits per heavy atom. The molecule has 0 aliphatic carbocycles. The molecule has 1 amide bonds. The molecule has 122 valence electrons. The topological polar surface area (TPSA) is 32.8 Å². The number of benzene rings is 1. The molecule has 4 nitrogen and oxygen atoms in total. The van der Waals surface area contributed by atoms with Crippen molar-refractivity contribution in [1.29, 1.82) is 0 Å². The lowest BCUT2D eigenvalue weighted by atomic mass is 10.0. The van der Waals surface area contributed by atoms with Gasteiger partial charge in [-0.1, -0.05) is 29.8 Å². The summed E-state index contributed by atoms with van der Waals surface area (Å²) in [6.07, 6.45) is 1.65. The number of methoxy groups -OCH3 is 1. The summed E-state index contributed by atoms with van der Waals surface area (Å²) in [5, 5.41) is 0. The van der Waals surface area contributed by atoms with Crippen LogP contribution >= 0.6 is 0 Å². The first-order valence-corrected chi connectivity index (χ1v) is 8.16. The predicted molar refractivity (Wildman–Crippen MR) is 89.0 cm³/mol. The molecule has 22 heavy (non-hydrogen) atoms. The maximum absolute atomic E-state index is 12.1. The van der Waals surface area contributed by atoms with Crippen LogP contribution < -0.4 is 0 Å². The number of amides is 1. The van der Waals surface area contributed by atoms with E-state index in [1.165, 1.54) is 11.1 Å². The van der Waals surface area contributed by atoms with Crippen LogP contribution in [0, 0.1) is 6.92 Å². The summed E-state index contributed by atoms with van der Waals surface area (Å²) in [4.78, 5) is 16.5. The molecule has 0 saturated carbocycles. The molecule has 0 unspecified atom stereocenters. The van der Waals surface area contributed by atoms with Gasteiger partial charge in [0.15, 0.2) is 0 Å². The molecule has 1 saturated heterocycles. The van der Waals surface area contributed by atoms with Gasteiger partial charge in [0, 0.05) is 45.8 Å². The summed E-state index contributed by atoms with van der Waals surface area (Å²) in [7, 11) is 1.68. The highest BCUT2D eigenvalue weighted by Gasteiger charge is 2.23. The van der Waals surface area contributed by atoms with Crippen LogP contribution in [0.25, 0.3) is 0 Å². The summed E-state index contributed by atoms with van der Waals surface area (Å²) in [6, 6.07) is 9.21. The van der Waals surface area contributed by atoms with Crippen LogP contribution in [0.1, 0.15) is 24.5 Å². The molecule has 0 N–H and O–H groups in total. The van der Waals surface area contributed by atoms with Crippen LogP contribution in [0.5, 0.6) is 0 Å². The lowest BCUT2D eigenvalue weighted by Crippen LogP contribution is -2.39. The Bertz CT molecular complexity index is 472. The number of carbonyl (C=O) groups excluding carboxylic acids is 1. The van der Waals surface area contributed by atoms with Crippen molar-refractivity contribution >= 4 is 5.91 Å². The number of ether oxygens (including phenoxy) is 1. The van der Waals surface area contributed by atoms with Gasteiger partial charge < -0.3 is 9.64 Å². The molecule has 1 aliphatic rings. The van der Waals surface area contributed by atoms with E-state index in [0.29, 0.717) is 25.6 Å². The zero-order valence-corrected chi connectivity index (χ0v) is 14.0. The van der Waals surface area contributed by atoms with Crippen LogP contribution in [0.3, 0.4) is 0 Å². The van der Waals surface area contributed by atoms with Crippen LogP contribution in [0.15, 0.2) is 24.3 Å². The molecule has 0 bridgehead atoms. The molecule has 4 heteroatoms. The number of rotatable bonds is 6. The van der Waals surface area contributed by atoms with E-state index in [0.717, 1.165) is 26.1 Å². The molecule has 0 spiro atoms. The van der Waals surface area contributed by atoms with Gasteiger partial charge in [-0.15, -0.1) is 0 Å². The molecular formula is C18H28N2O2. The maximum Gasteiger partial charge on any atom is 0.223 e. The van der Waals surface area contributed by atoms with E-state index in [1.54, 1.807) is 7.11 Å². The Kier molecular flexibility index (Phi) is 6.40. The highest BCUT2D eigenvalue weighted by atomic mass is 16.5. The minimum absolute atomic E-state index is 0.252. The molecule has 1 aromatic carbocycles. The zero-order chi connectivity index (χ0) is 15.9. The minimum atomic E-state index is 0.252. The number of hydrogen-bond donors (Lipinski definition) is 0. The molecule has 1 heterocycles. The first-order valence-electron chi connectivity index (χ1n) is 8.16. The van der Waals surface area contributed by atoms with Crippen LogP contribution in [0.2, 0.25) is 0 Å². The fourth-order valence-corrected chi connectivity index (χ4v) is 2.96. The van der Waals surface area contributed by atoms with Crippen molar-refractivity contribution in [2.24, 2.45) is 0 Å². The van der Waals surface area contributed by atoms with E-state index in [1.807, 2.05) is 4.90 Å². The Morgan fingerprint density at radius 2 is 1.91 bits per heavy atom. The summed E-state index contributed by atoms with van der Waals surface area (Å²) in [5.74, 6) is 0.252. The van der Waals surface area contributed by atoms with E-state index >= 15 is 0 Å². The van der Waals surface area contributed by atoms with Gasteiger partial charge in [-0.25, -0.2) is 0 Å². The van der Waals surface area contributed by atoms with Gasteiger partial charge in [0.2, 0.25) is 5.91 Å². The summed E-state index contributed by atoms with van der Waals surface area (Å²) >= 11 is 0. The molecule has 2 rings (SSSR count). The summed E-state index contributed by atoms with van der Waals surface area (Å²) in [6.45, 7) is 8.30. The molecule has 1 aromatic rings. The standard InChI is InChI=1S/C18H28N2O2/c1-15-4-6-17(7-5-15)14-16(2)19-9-8-18(21)20(11-10-19)12-13-22-3/h4-7,16H,8-14H2,1-3H3/t16-/m0/s1. The Morgan fingerprint density at radius 3 is 2.59 bits per heavy atom. The van der Waals surface area contributed by atoms with Gasteiger partial charge >= 0.3 is 0 Å². The lowest BCUT2D eigenvalue weighted by Gasteiger charge is -2.27. The smallest absolute Gasteiger partial charge is 0.223 e. The first kappa shape index (κ1) is 17.0. The van der Waals surface area contributed by atoms with Crippen LogP contribution in [0.4, 0.5) is 0 Å². The van der Waals surface area contributed by atoms with Gasteiger partial charge in [0.25, 0.3) is 0 Å². The molecule has 1 aliphatic heterocycles. The summed E-state index contributed by atoms with van der Waals surface area (Å²) < 4.78 is 5.09. The largest absolute Gasteiger partial charge is 0.383 e. The second kappa shape index (κ2) is 8.30. The molecule has 1 atom stereocenters. The Balaban J connectivity index is 1.89. The highest BCUT2D eigenvalue weighted by Crippen LogP contribution is 2.13. The second-order valence-electron chi connectivity index (χ2n) is 6.20. The monoisotopic (exact) mass is 304 g/mol. The number of aryl methyl sites for hydroxylation is 1. The normalized spacial score (nSPS) is 18.3. The summed E-state index contributed by atoms with van der Waals surface area (Å²) in [5.41, 5.74) is 2.66. The third kappa shape index (κ3) is 4.82. The zero-order valence-electron chi connectivity index (χ0n) is 14.0. The maximum atomic E-state index is 12.1. The van der Waals surface area contributed by atoms with Crippen molar-refractivity contribution in [3.8, 4) is 0 Å². The van der Waals surface area contributed by atoms with E-state index in [-0.39, 0.29) is 5.91 Å². The van der Waals surface area contributed by atoms with Crippen molar-refractivity contribution in [3.63, 3.8) is 0 Å². The van der Waals surface area contributed by atoms with Crippen molar-refractivity contribution in [3.05, 3.63) is 35.4 Å². The number of nitrogens with zero attached hydrogens (tertiary/aromatic N) is 2. The van der Waals surface area contributed by atoms with Crippen molar-refractivity contribution in [2.75, 3.05) is 39.9 Å². The molecular weight excluding hydrogens is 276 g/mol. The fourth-order valence-electron chi connectivity index (χ4n) is 2.96. The fraction of sp³-hybridized carbons (Fsp3) is 0.611. The lowest BCUT2D eigenvalue weighted by molar-refractivity contribution is -0.130. The van der Waals surface area contributed by atoms with Gasteiger partial charge in [0.05, 0.1) is 6.61 Å². The van der Waals surface area contributed by atoms with Crippen LogP contribution in [-0.2, 0) is 16.0 Å². The second-order valence-corrected chi connectivity index (χ2v) is 6.20. The third-order valence-corrected chi connectivity index (χ3v) is 4.46. The van der Waals surface area contributed by atoms with E-state index in [9.17, 15) is 4.79 Å². The highest BCUT2D eigenvalue weighted by molar-refractivity contribution is 5.76. The third-order valence-electron chi connectivity index (χ3n) is 4.46. The predicted octanol–water partition coefficient (Wildman–Crippen LogP) is 2.11. The number of hydrogen-bond acceptors (Lipinski definition) is 3. The van der Waals surface area contributed by atoms with Crippen molar-refractivity contribution < 1.29 is 9.53 Å². The van der Waals surface area contributed by atoms with Gasteiger partial charge in [-0.3, -0.25) is 9.69 Å². The average Bonchev–Trinajstić information content (AvgIpc) is 2.69. The Labute approximate surface area is 134 Å². The van der Waals surface area contributed by atoms with Crippen molar-refractivity contribution in [2.45, 2.75) is 32.7 Å². The average molecular weight is 304 g/mol. The molecule has 0 radical (unpaired) electrons. The Hall–Kier alpha value is -1.39. The van der Waals surface area contributed by atoms with Crippen LogP contribution in [-0.4, -0.2) is 61.6 Å². The quantitative estimate of drug-likeness (QED) is 0.807. The SMILES string of the molecule is COCCN1CCN([C@@H](C)Cc2ccc(C)cc2)CCC1=O. The number of carbonyl (C=O) groups is 1. The van der Waals surface area contributed by atoms with Gasteiger partial charge in [0.1, 0.15) is 0 Å².